The van der Waals surface area contributed by atoms with Gasteiger partial charge in [-0.3, -0.25) is 4.79 Å². The summed E-state index contributed by atoms with van der Waals surface area (Å²) in [5.41, 5.74) is 0.234. The minimum Gasteiger partial charge on any atom is -0.444 e. The van der Waals surface area contributed by atoms with Crippen molar-refractivity contribution in [3.63, 3.8) is 0 Å². The van der Waals surface area contributed by atoms with E-state index in [0.29, 0.717) is 25.3 Å². The minimum atomic E-state index is -0.526. The van der Waals surface area contributed by atoms with Crippen molar-refractivity contribution in [1.29, 1.82) is 0 Å². The molecule has 146 valence electrons. The number of rotatable bonds is 4. The summed E-state index contributed by atoms with van der Waals surface area (Å²) in [6.07, 6.45) is 3.84. The number of hydrogen-bond acceptors (Lipinski definition) is 5. The van der Waals surface area contributed by atoms with Gasteiger partial charge in [-0.25, -0.2) is 9.78 Å². The average molecular weight is 486 g/mol. The Hall–Kier alpha value is -1.88. The van der Waals surface area contributed by atoms with Crippen molar-refractivity contribution in [3.8, 4) is 0 Å². The quantitative estimate of drug-likeness (QED) is 0.673. The molecule has 8 nitrogen and oxygen atoms in total. The monoisotopic (exact) mass is 486 g/mol. The lowest BCUT2D eigenvalue weighted by molar-refractivity contribution is -0.122. The van der Waals surface area contributed by atoms with Crippen LogP contribution in [-0.2, 0) is 14.3 Å². The second kappa shape index (κ2) is 8.01. The lowest BCUT2D eigenvalue weighted by atomic mass is 10.2. The van der Waals surface area contributed by atoms with Crippen molar-refractivity contribution in [3.05, 3.63) is 28.1 Å². The van der Waals surface area contributed by atoms with E-state index in [9.17, 15) is 9.59 Å². The van der Waals surface area contributed by atoms with Crippen LogP contribution in [0.3, 0.4) is 0 Å². The zero-order valence-corrected chi connectivity index (χ0v) is 17.7. The van der Waals surface area contributed by atoms with E-state index in [0.717, 1.165) is 9.22 Å². The van der Waals surface area contributed by atoms with E-state index in [1.807, 2.05) is 43.5 Å². The molecule has 27 heavy (non-hydrogen) atoms. The van der Waals surface area contributed by atoms with Gasteiger partial charge in [0.2, 0.25) is 0 Å². The Labute approximate surface area is 171 Å². The smallest absolute Gasteiger partial charge is 0.410 e. The molecule has 3 heterocycles. The van der Waals surface area contributed by atoms with Gasteiger partial charge in [0.1, 0.15) is 17.9 Å². The third-order valence-electron chi connectivity index (χ3n) is 3.93. The number of likely N-dealkylation sites (tertiary alicyclic amines) is 1. The first-order valence-electron chi connectivity index (χ1n) is 8.73. The van der Waals surface area contributed by atoms with Gasteiger partial charge in [-0.2, -0.15) is 0 Å². The summed E-state index contributed by atoms with van der Waals surface area (Å²) < 4.78 is 13.9. The summed E-state index contributed by atoms with van der Waals surface area (Å²) in [7, 11) is 0. The highest BCUT2D eigenvalue weighted by molar-refractivity contribution is 14.1. The molecule has 0 unspecified atom stereocenters. The maximum atomic E-state index is 12.1. The number of ether oxygens (including phenoxy) is 2. The number of aromatic nitrogens is 2. The molecule has 2 amide bonds. The number of nitrogens with one attached hydrogen (secondary N) is 1. The van der Waals surface area contributed by atoms with Crippen LogP contribution < -0.4 is 5.32 Å². The molecular formula is C18H23IN4O4. The van der Waals surface area contributed by atoms with Crippen molar-refractivity contribution in [2.75, 3.05) is 25.0 Å². The summed E-state index contributed by atoms with van der Waals surface area (Å²) in [6, 6.07) is 3.84. The van der Waals surface area contributed by atoms with Crippen molar-refractivity contribution in [2.24, 2.45) is 0 Å². The molecule has 1 N–H and O–H groups in total. The number of imidazole rings is 1. The number of hydrogen-bond donors (Lipinski definition) is 1. The van der Waals surface area contributed by atoms with Gasteiger partial charge >= 0.3 is 6.09 Å². The Bertz CT molecular complexity index is 845. The molecule has 9 heteroatoms. The number of anilines is 1. The molecule has 1 atom stereocenters. The van der Waals surface area contributed by atoms with Crippen LogP contribution in [0.5, 0.6) is 0 Å². The largest absolute Gasteiger partial charge is 0.444 e. The highest BCUT2D eigenvalue weighted by Gasteiger charge is 2.30. The van der Waals surface area contributed by atoms with Crippen molar-refractivity contribution >= 4 is 46.1 Å². The lowest BCUT2D eigenvalue weighted by Gasteiger charge is -2.24. The van der Waals surface area contributed by atoms with E-state index in [4.69, 9.17) is 9.47 Å². The Kier molecular flexibility index (Phi) is 5.89. The topological polar surface area (TPSA) is 85.2 Å². The summed E-state index contributed by atoms with van der Waals surface area (Å²) in [5, 5.41) is 2.74. The van der Waals surface area contributed by atoms with Crippen LogP contribution in [0, 0.1) is 3.57 Å². The van der Waals surface area contributed by atoms with Gasteiger partial charge in [0, 0.05) is 16.3 Å². The Morgan fingerprint density at radius 3 is 2.85 bits per heavy atom. The van der Waals surface area contributed by atoms with Crippen LogP contribution in [0.4, 0.5) is 10.6 Å². The fourth-order valence-electron chi connectivity index (χ4n) is 2.75. The summed E-state index contributed by atoms with van der Waals surface area (Å²) in [4.78, 5) is 30.1. The van der Waals surface area contributed by atoms with Crippen LogP contribution in [0.25, 0.3) is 5.65 Å². The van der Waals surface area contributed by atoms with Crippen molar-refractivity contribution < 1.29 is 19.1 Å². The summed E-state index contributed by atoms with van der Waals surface area (Å²) in [6.45, 7) is 6.40. The fraction of sp³-hybridized carbons (Fsp3) is 0.500. The molecule has 0 radical (unpaired) electrons. The first kappa shape index (κ1) is 19.9. The second-order valence-corrected chi connectivity index (χ2v) is 8.68. The molecule has 1 fully saturated rings. The first-order chi connectivity index (χ1) is 12.7. The van der Waals surface area contributed by atoms with Crippen molar-refractivity contribution in [2.45, 2.75) is 38.9 Å². The standard InChI is InChI=1S/C18H23IN4O4/c1-18(2,3)27-17(25)22-7-6-13(9-22)26-11-16(24)21-14-10-23-8-12(19)4-5-15(23)20-14/h4-5,8,10,13H,6-7,9,11H2,1-3H3,(H,21,24)/t13-/m1/s1. The van der Waals surface area contributed by atoms with Gasteiger partial charge in [-0.05, 0) is 61.9 Å². The molecule has 1 saturated heterocycles. The van der Waals surface area contributed by atoms with Crippen LogP contribution in [-0.4, -0.2) is 57.7 Å². The lowest BCUT2D eigenvalue weighted by Crippen LogP contribution is -2.36. The molecular weight excluding hydrogens is 463 g/mol. The van der Waals surface area contributed by atoms with Gasteiger partial charge in [0.15, 0.2) is 5.82 Å². The molecule has 1 aliphatic heterocycles. The predicted octanol–water partition coefficient (Wildman–Crippen LogP) is 2.90. The molecule has 1 aliphatic rings. The number of fused-ring (bicyclic) bond motifs is 1. The van der Waals surface area contributed by atoms with Crippen LogP contribution in [0.1, 0.15) is 27.2 Å². The summed E-state index contributed by atoms with van der Waals surface area (Å²) >= 11 is 2.22. The van der Waals surface area contributed by atoms with E-state index in [1.54, 1.807) is 11.1 Å². The molecule has 0 spiro atoms. The molecule has 2 aromatic heterocycles. The predicted molar refractivity (Wildman–Crippen MR) is 109 cm³/mol. The third-order valence-corrected chi connectivity index (χ3v) is 4.57. The Morgan fingerprint density at radius 1 is 1.33 bits per heavy atom. The summed E-state index contributed by atoms with van der Waals surface area (Å²) in [5.74, 6) is 0.205. The zero-order chi connectivity index (χ0) is 19.6. The van der Waals surface area contributed by atoms with Crippen molar-refractivity contribution in [1.82, 2.24) is 14.3 Å². The SMILES string of the molecule is CC(C)(C)OC(=O)N1CC[C@@H](OCC(=O)Nc2cn3cc(I)ccc3n2)C1. The number of amides is 2. The molecule has 0 aromatic carbocycles. The molecule has 0 bridgehead atoms. The van der Waals surface area contributed by atoms with E-state index in [1.165, 1.54) is 0 Å². The second-order valence-electron chi connectivity index (χ2n) is 7.44. The number of nitrogens with zero attached hydrogens (tertiary/aromatic N) is 3. The molecule has 0 aliphatic carbocycles. The molecule has 2 aromatic rings. The van der Waals surface area contributed by atoms with Gasteiger partial charge in [-0.15, -0.1) is 0 Å². The number of pyridine rings is 1. The van der Waals surface area contributed by atoms with E-state index >= 15 is 0 Å². The zero-order valence-electron chi connectivity index (χ0n) is 15.6. The first-order valence-corrected chi connectivity index (χ1v) is 9.81. The number of halogens is 1. The van der Waals surface area contributed by atoms with Gasteiger partial charge in [0.05, 0.1) is 18.8 Å². The van der Waals surface area contributed by atoms with Gasteiger partial charge in [-0.1, -0.05) is 0 Å². The third kappa shape index (κ3) is 5.55. The highest BCUT2D eigenvalue weighted by atomic mass is 127. The molecule has 3 rings (SSSR count). The average Bonchev–Trinajstić information content (AvgIpc) is 3.17. The maximum absolute atomic E-state index is 12.1. The van der Waals surface area contributed by atoms with Crippen LogP contribution in [0.2, 0.25) is 0 Å². The fourth-order valence-corrected chi connectivity index (χ4v) is 3.23. The normalized spacial score (nSPS) is 17.3. The van der Waals surface area contributed by atoms with E-state index < -0.39 is 5.60 Å². The number of carbonyl (C=O) groups is 2. The highest BCUT2D eigenvalue weighted by Crippen LogP contribution is 2.17. The molecule has 0 saturated carbocycles. The Morgan fingerprint density at radius 2 is 2.11 bits per heavy atom. The van der Waals surface area contributed by atoms with Gasteiger partial charge < -0.3 is 24.1 Å². The van der Waals surface area contributed by atoms with Crippen LogP contribution >= 0.6 is 22.6 Å². The number of carbonyl (C=O) groups excluding carboxylic acids is 2. The minimum absolute atomic E-state index is 0.0851. The maximum Gasteiger partial charge on any atom is 0.410 e. The Balaban J connectivity index is 1.46. The van der Waals surface area contributed by atoms with E-state index in [-0.39, 0.29) is 24.7 Å². The van der Waals surface area contributed by atoms with Crippen LogP contribution in [0.15, 0.2) is 24.5 Å². The van der Waals surface area contributed by atoms with Gasteiger partial charge in [0.25, 0.3) is 5.91 Å². The van der Waals surface area contributed by atoms with E-state index in [2.05, 4.69) is 32.9 Å².